The van der Waals surface area contributed by atoms with Crippen LogP contribution < -0.4 is 5.32 Å². The molecule has 1 aliphatic rings. The van der Waals surface area contributed by atoms with E-state index in [1.807, 2.05) is 6.92 Å². The highest BCUT2D eigenvalue weighted by atomic mass is 35.5. The number of halogens is 1. The van der Waals surface area contributed by atoms with Gasteiger partial charge in [0, 0.05) is 36.6 Å². The zero-order chi connectivity index (χ0) is 15.4. The predicted molar refractivity (Wildman–Crippen MR) is 83.7 cm³/mol. The second-order valence-corrected chi connectivity index (χ2v) is 5.99. The Morgan fingerprint density at radius 2 is 1.81 bits per heavy atom. The zero-order valence-corrected chi connectivity index (χ0v) is 13.2. The molecular formula is C16H21ClN2O2. The number of benzene rings is 1. The number of rotatable bonds is 4. The number of amides is 1. The fraction of sp³-hybridized carbons (Fsp3) is 0.500. The summed E-state index contributed by atoms with van der Waals surface area (Å²) < 4.78 is 0. The summed E-state index contributed by atoms with van der Waals surface area (Å²) in [7, 11) is 0. The van der Waals surface area contributed by atoms with Crippen molar-refractivity contribution >= 4 is 23.3 Å². The van der Waals surface area contributed by atoms with Crippen molar-refractivity contribution in [3.63, 3.8) is 0 Å². The van der Waals surface area contributed by atoms with Gasteiger partial charge in [-0.3, -0.25) is 14.5 Å². The Bertz CT molecular complexity index is 508. The molecule has 114 valence electrons. The standard InChI is InChI=1S/C16H21ClN2O2/c1-11(16(21)13-3-5-14(17)6-4-13)19-9-7-15(8-10-19)18-12(2)20/h3-6,11,15H,7-10H2,1-2H3,(H,18,20). The molecule has 0 aromatic heterocycles. The van der Waals surface area contributed by atoms with E-state index in [0.717, 1.165) is 25.9 Å². The first kappa shape index (κ1) is 16.0. The van der Waals surface area contributed by atoms with E-state index in [9.17, 15) is 9.59 Å². The number of nitrogens with zero attached hydrogens (tertiary/aromatic N) is 1. The van der Waals surface area contributed by atoms with E-state index < -0.39 is 0 Å². The van der Waals surface area contributed by atoms with Crippen LogP contribution in [0.25, 0.3) is 0 Å². The van der Waals surface area contributed by atoms with Crippen LogP contribution in [-0.2, 0) is 4.79 Å². The predicted octanol–water partition coefficient (Wildman–Crippen LogP) is 2.51. The summed E-state index contributed by atoms with van der Waals surface area (Å²) in [6, 6.07) is 7.10. The number of carbonyl (C=O) groups excluding carboxylic acids is 2. The molecule has 0 radical (unpaired) electrons. The minimum atomic E-state index is -0.149. The number of nitrogens with one attached hydrogen (secondary N) is 1. The molecule has 1 unspecified atom stereocenters. The van der Waals surface area contributed by atoms with E-state index in [1.165, 1.54) is 0 Å². The van der Waals surface area contributed by atoms with Gasteiger partial charge in [-0.25, -0.2) is 0 Å². The molecular weight excluding hydrogens is 288 g/mol. The van der Waals surface area contributed by atoms with Crippen molar-refractivity contribution < 1.29 is 9.59 Å². The molecule has 1 aliphatic heterocycles. The van der Waals surface area contributed by atoms with Gasteiger partial charge in [0.2, 0.25) is 5.91 Å². The van der Waals surface area contributed by atoms with Crippen LogP contribution in [0.5, 0.6) is 0 Å². The molecule has 1 aromatic carbocycles. The lowest BCUT2D eigenvalue weighted by Crippen LogP contribution is -2.49. The van der Waals surface area contributed by atoms with Gasteiger partial charge in [-0.05, 0) is 44.0 Å². The van der Waals surface area contributed by atoms with Crippen molar-refractivity contribution in [2.45, 2.75) is 38.8 Å². The molecule has 0 spiro atoms. The van der Waals surface area contributed by atoms with Crippen LogP contribution in [0.4, 0.5) is 0 Å². The smallest absolute Gasteiger partial charge is 0.217 e. The zero-order valence-electron chi connectivity index (χ0n) is 12.4. The van der Waals surface area contributed by atoms with Crippen molar-refractivity contribution in [3.05, 3.63) is 34.9 Å². The number of carbonyl (C=O) groups is 2. The minimum Gasteiger partial charge on any atom is -0.354 e. The SMILES string of the molecule is CC(=O)NC1CCN(C(C)C(=O)c2ccc(Cl)cc2)CC1. The molecule has 1 heterocycles. The Hall–Kier alpha value is -1.39. The van der Waals surface area contributed by atoms with Gasteiger partial charge in [0.1, 0.15) is 0 Å². The molecule has 1 amide bonds. The summed E-state index contributed by atoms with van der Waals surface area (Å²) in [5.74, 6) is 0.128. The summed E-state index contributed by atoms with van der Waals surface area (Å²) in [5, 5.41) is 3.58. The average molecular weight is 309 g/mol. The molecule has 0 aliphatic carbocycles. The van der Waals surface area contributed by atoms with Gasteiger partial charge in [-0.1, -0.05) is 11.6 Å². The fourth-order valence-corrected chi connectivity index (χ4v) is 2.87. The topological polar surface area (TPSA) is 49.4 Å². The number of piperidine rings is 1. The highest BCUT2D eigenvalue weighted by Gasteiger charge is 2.27. The molecule has 1 aromatic rings. The summed E-state index contributed by atoms with van der Waals surface area (Å²) in [6.07, 6.45) is 1.77. The lowest BCUT2D eigenvalue weighted by Gasteiger charge is -2.35. The van der Waals surface area contributed by atoms with E-state index in [-0.39, 0.29) is 23.8 Å². The van der Waals surface area contributed by atoms with Crippen LogP contribution in [0.2, 0.25) is 5.02 Å². The van der Waals surface area contributed by atoms with Gasteiger partial charge in [0.05, 0.1) is 6.04 Å². The molecule has 1 atom stereocenters. The summed E-state index contributed by atoms with van der Waals surface area (Å²) in [5.41, 5.74) is 0.691. The molecule has 0 saturated carbocycles. The molecule has 1 fully saturated rings. The number of hydrogen-bond donors (Lipinski definition) is 1. The first-order valence-electron chi connectivity index (χ1n) is 7.28. The molecule has 1 saturated heterocycles. The highest BCUT2D eigenvalue weighted by molar-refractivity contribution is 6.30. The van der Waals surface area contributed by atoms with Crippen LogP contribution in [0, 0.1) is 0 Å². The number of hydrogen-bond acceptors (Lipinski definition) is 3. The van der Waals surface area contributed by atoms with Crippen molar-refractivity contribution in [2.75, 3.05) is 13.1 Å². The molecule has 0 bridgehead atoms. The normalized spacial score (nSPS) is 18.2. The molecule has 4 nitrogen and oxygen atoms in total. The third-order valence-corrected chi connectivity index (χ3v) is 4.24. The molecule has 1 N–H and O–H groups in total. The van der Waals surface area contributed by atoms with Crippen molar-refractivity contribution in [1.82, 2.24) is 10.2 Å². The Labute approximate surface area is 130 Å². The van der Waals surface area contributed by atoms with Gasteiger partial charge in [0.25, 0.3) is 0 Å². The molecule has 5 heteroatoms. The first-order chi connectivity index (χ1) is 9.97. The summed E-state index contributed by atoms with van der Waals surface area (Å²) >= 11 is 5.85. The number of ketones is 1. The molecule has 2 rings (SSSR count). The van der Waals surface area contributed by atoms with E-state index in [2.05, 4.69) is 10.2 Å². The monoisotopic (exact) mass is 308 g/mol. The van der Waals surface area contributed by atoms with Gasteiger partial charge < -0.3 is 5.32 Å². The van der Waals surface area contributed by atoms with Crippen molar-refractivity contribution in [2.24, 2.45) is 0 Å². The Balaban J connectivity index is 1.92. The van der Waals surface area contributed by atoms with Gasteiger partial charge in [0.15, 0.2) is 5.78 Å². The second kappa shape index (κ2) is 7.05. The van der Waals surface area contributed by atoms with Crippen molar-refractivity contribution in [1.29, 1.82) is 0 Å². The largest absolute Gasteiger partial charge is 0.354 e. The molecule has 21 heavy (non-hydrogen) atoms. The van der Waals surface area contributed by atoms with Crippen LogP contribution in [0.15, 0.2) is 24.3 Å². The van der Waals surface area contributed by atoms with Gasteiger partial charge in [-0.15, -0.1) is 0 Å². The quantitative estimate of drug-likeness (QED) is 0.870. The van der Waals surface area contributed by atoms with E-state index >= 15 is 0 Å². The van der Waals surface area contributed by atoms with E-state index in [0.29, 0.717) is 10.6 Å². The van der Waals surface area contributed by atoms with E-state index in [4.69, 9.17) is 11.6 Å². The second-order valence-electron chi connectivity index (χ2n) is 5.56. The first-order valence-corrected chi connectivity index (χ1v) is 7.66. The summed E-state index contributed by atoms with van der Waals surface area (Å²) in [6.45, 7) is 5.13. The third-order valence-electron chi connectivity index (χ3n) is 3.99. The fourth-order valence-electron chi connectivity index (χ4n) is 2.74. The Kier molecular flexibility index (Phi) is 5.37. The van der Waals surface area contributed by atoms with Crippen molar-refractivity contribution in [3.8, 4) is 0 Å². The third kappa shape index (κ3) is 4.29. The lowest BCUT2D eigenvalue weighted by atomic mass is 9.99. The van der Waals surface area contributed by atoms with Crippen LogP contribution in [-0.4, -0.2) is 41.8 Å². The summed E-state index contributed by atoms with van der Waals surface area (Å²) in [4.78, 5) is 25.7. The number of Topliss-reactive ketones (excluding diaryl/α,β-unsaturated/α-hetero) is 1. The van der Waals surface area contributed by atoms with Crippen LogP contribution in [0.3, 0.4) is 0 Å². The minimum absolute atomic E-state index is 0.0127. The maximum Gasteiger partial charge on any atom is 0.217 e. The maximum atomic E-state index is 12.5. The van der Waals surface area contributed by atoms with E-state index in [1.54, 1.807) is 31.2 Å². The average Bonchev–Trinajstić information content (AvgIpc) is 2.47. The number of likely N-dealkylation sites (tertiary alicyclic amines) is 1. The van der Waals surface area contributed by atoms with Crippen LogP contribution in [0.1, 0.15) is 37.0 Å². The van der Waals surface area contributed by atoms with Gasteiger partial charge in [-0.2, -0.15) is 0 Å². The van der Waals surface area contributed by atoms with Crippen LogP contribution >= 0.6 is 11.6 Å². The maximum absolute atomic E-state index is 12.5. The lowest BCUT2D eigenvalue weighted by molar-refractivity contribution is -0.120. The highest BCUT2D eigenvalue weighted by Crippen LogP contribution is 2.17. The van der Waals surface area contributed by atoms with Gasteiger partial charge >= 0.3 is 0 Å². The Morgan fingerprint density at radius 3 is 2.33 bits per heavy atom. The Morgan fingerprint density at radius 1 is 1.24 bits per heavy atom.